The van der Waals surface area contributed by atoms with Crippen molar-refractivity contribution in [2.45, 2.75) is 0 Å². The molecular formula is C9H7N3O. The zero-order chi connectivity index (χ0) is 9.52. The number of azide groups is 1. The first-order valence-corrected chi connectivity index (χ1v) is 3.65. The standard InChI is InChI=1S/C9H7N3O/c10-12-11-9(13)7-6-8-4-2-1-3-5-8/h1-7H/b7-6+/i7+1. The molecule has 1 rings (SSSR count). The van der Waals surface area contributed by atoms with E-state index in [1.165, 1.54) is 6.08 Å². The molecule has 1 amide bonds. The van der Waals surface area contributed by atoms with Crippen molar-refractivity contribution in [2.24, 2.45) is 5.11 Å². The quantitative estimate of drug-likeness (QED) is 0.223. The van der Waals surface area contributed by atoms with Crippen molar-refractivity contribution in [3.63, 3.8) is 0 Å². The summed E-state index contributed by atoms with van der Waals surface area (Å²) in [7, 11) is 0. The van der Waals surface area contributed by atoms with Gasteiger partial charge in [-0.1, -0.05) is 36.4 Å². The third-order valence-corrected chi connectivity index (χ3v) is 1.36. The van der Waals surface area contributed by atoms with E-state index in [1.807, 2.05) is 30.3 Å². The third kappa shape index (κ3) is 3.22. The molecule has 0 fully saturated rings. The Bertz CT molecular complexity index is 364. The van der Waals surface area contributed by atoms with E-state index in [-0.39, 0.29) is 0 Å². The molecule has 4 nitrogen and oxygen atoms in total. The van der Waals surface area contributed by atoms with Crippen molar-refractivity contribution in [3.8, 4) is 0 Å². The molecule has 0 saturated heterocycles. The second-order valence-electron chi connectivity index (χ2n) is 2.27. The van der Waals surface area contributed by atoms with Crippen LogP contribution < -0.4 is 0 Å². The molecule has 0 aliphatic carbocycles. The van der Waals surface area contributed by atoms with Crippen LogP contribution >= 0.6 is 0 Å². The number of carbonyl (C=O) groups is 1. The monoisotopic (exact) mass is 174 g/mol. The first-order valence-electron chi connectivity index (χ1n) is 3.65. The molecule has 0 unspecified atom stereocenters. The lowest BCUT2D eigenvalue weighted by Crippen LogP contribution is -1.81. The maximum Gasteiger partial charge on any atom is 0.242 e. The smallest absolute Gasteiger partial charge is 0.242 e. The van der Waals surface area contributed by atoms with Gasteiger partial charge in [0.2, 0.25) is 5.91 Å². The highest BCUT2D eigenvalue weighted by atomic mass is 16.2. The van der Waals surface area contributed by atoms with Crippen LogP contribution in [0.5, 0.6) is 0 Å². The Kier molecular flexibility index (Phi) is 3.30. The lowest BCUT2D eigenvalue weighted by atomic mass is 10.2. The van der Waals surface area contributed by atoms with E-state index < -0.39 is 5.91 Å². The van der Waals surface area contributed by atoms with Gasteiger partial charge in [-0.05, 0) is 22.3 Å². The summed E-state index contributed by atoms with van der Waals surface area (Å²) >= 11 is 0. The van der Waals surface area contributed by atoms with Crippen LogP contribution in [0, 0.1) is 0 Å². The third-order valence-electron chi connectivity index (χ3n) is 1.36. The van der Waals surface area contributed by atoms with Crippen molar-refractivity contribution in [1.29, 1.82) is 0 Å². The van der Waals surface area contributed by atoms with Gasteiger partial charge in [0.05, 0.1) is 0 Å². The van der Waals surface area contributed by atoms with E-state index in [0.29, 0.717) is 0 Å². The first kappa shape index (κ1) is 9.03. The van der Waals surface area contributed by atoms with Gasteiger partial charge in [0.25, 0.3) is 0 Å². The Hall–Kier alpha value is -2.06. The lowest BCUT2D eigenvalue weighted by Gasteiger charge is -1.88. The first-order chi connectivity index (χ1) is 6.33. The van der Waals surface area contributed by atoms with E-state index in [0.717, 1.165) is 5.56 Å². The minimum atomic E-state index is -0.591. The normalized spacial score (nSPS) is 9.54. The van der Waals surface area contributed by atoms with E-state index in [9.17, 15) is 4.79 Å². The fourth-order valence-electron chi connectivity index (χ4n) is 0.809. The molecule has 0 heterocycles. The van der Waals surface area contributed by atoms with Crippen molar-refractivity contribution in [2.75, 3.05) is 0 Å². The van der Waals surface area contributed by atoms with Crippen molar-refractivity contribution in [3.05, 3.63) is 52.4 Å². The molecule has 0 spiro atoms. The van der Waals surface area contributed by atoms with Gasteiger partial charge in [0.1, 0.15) is 0 Å². The second kappa shape index (κ2) is 4.74. The van der Waals surface area contributed by atoms with Crippen LogP contribution in [0.3, 0.4) is 0 Å². The predicted molar refractivity (Wildman–Crippen MR) is 49.6 cm³/mol. The van der Waals surface area contributed by atoms with Crippen LogP contribution in [-0.2, 0) is 4.79 Å². The van der Waals surface area contributed by atoms with Crippen LogP contribution in [0.2, 0.25) is 0 Å². The van der Waals surface area contributed by atoms with Gasteiger partial charge in [-0.25, -0.2) is 0 Å². The van der Waals surface area contributed by atoms with Gasteiger partial charge in [0.15, 0.2) is 0 Å². The summed E-state index contributed by atoms with van der Waals surface area (Å²) in [6, 6.07) is 9.29. The Morgan fingerprint density at radius 2 is 2.08 bits per heavy atom. The van der Waals surface area contributed by atoms with Gasteiger partial charge in [-0.3, -0.25) is 4.79 Å². The van der Waals surface area contributed by atoms with E-state index in [1.54, 1.807) is 6.08 Å². The average molecular weight is 174 g/mol. The molecule has 0 radical (unpaired) electrons. The molecule has 0 atom stereocenters. The van der Waals surface area contributed by atoms with Crippen molar-refractivity contribution in [1.82, 2.24) is 0 Å². The average Bonchev–Trinajstić information content (AvgIpc) is 2.17. The molecule has 1 aromatic carbocycles. The Labute approximate surface area is 75.1 Å². The molecule has 4 heteroatoms. The lowest BCUT2D eigenvalue weighted by molar-refractivity contribution is -0.113. The van der Waals surface area contributed by atoms with Gasteiger partial charge in [-0.2, -0.15) is 0 Å². The van der Waals surface area contributed by atoms with Gasteiger partial charge in [0, 0.05) is 4.91 Å². The Morgan fingerprint density at radius 1 is 1.38 bits per heavy atom. The van der Waals surface area contributed by atoms with Gasteiger partial charge in [-0.15, -0.1) is 0 Å². The summed E-state index contributed by atoms with van der Waals surface area (Å²) in [5.41, 5.74) is 8.83. The number of carbonyl (C=O) groups excluding carboxylic acids is 1. The second-order valence-corrected chi connectivity index (χ2v) is 2.27. The highest BCUT2D eigenvalue weighted by Gasteiger charge is 1.88. The molecule has 0 aliphatic heterocycles. The topological polar surface area (TPSA) is 65.8 Å². The van der Waals surface area contributed by atoms with Gasteiger partial charge < -0.3 is 0 Å². The summed E-state index contributed by atoms with van der Waals surface area (Å²) in [4.78, 5) is 13.1. The van der Waals surface area contributed by atoms with Crippen molar-refractivity contribution >= 4 is 12.0 Å². The van der Waals surface area contributed by atoms with Crippen LogP contribution in [0.25, 0.3) is 16.5 Å². The molecule has 0 N–H and O–H groups in total. The highest BCUT2D eigenvalue weighted by Crippen LogP contribution is 2.00. The van der Waals surface area contributed by atoms with Crippen molar-refractivity contribution < 1.29 is 4.79 Å². The minimum absolute atomic E-state index is 0.591. The number of amides is 1. The molecular weight excluding hydrogens is 167 g/mol. The fraction of sp³-hybridized carbons (Fsp3) is 0. The highest BCUT2D eigenvalue weighted by molar-refractivity contribution is 5.92. The zero-order valence-electron chi connectivity index (χ0n) is 6.79. The van der Waals surface area contributed by atoms with Crippen LogP contribution in [0.15, 0.2) is 41.5 Å². The largest absolute Gasteiger partial charge is 0.288 e. The number of rotatable bonds is 2. The zero-order valence-corrected chi connectivity index (χ0v) is 6.79. The molecule has 0 aliphatic rings. The van der Waals surface area contributed by atoms with Crippen LogP contribution in [0.1, 0.15) is 5.56 Å². The summed E-state index contributed by atoms with van der Waals surface area (Å²) in [6.45, 7) is 0. The van der Waals surface area contributed by atoms with E-state index in [4.69, 9.17) is 5.53 Å². The number of hydrogen-bond acceptors (Lipinski definition) is 1. The minimum Gasteiger partial charge on any atom is -0.288 e. The number of benzene rings is 1. The molecule has 13 heavy (non-hydrogen) atoms. The SMILES string of the molecule is [N-]=[N+]=NC(=O)/[13CH]=C/c1ccccc1. The van der Waals surface area contributed by atoms with Crippen LogP contribution in [-0.4, -0.2) is 5.91 Å². The summed E-state index contributed by atoms with van der Waals surface area (Å²) in [5.74, 6) is -0.591. The Morgan fingerprint density at radius 3 is 2.69 bits per heavy atom. The van der Waals surface area contributed by atoms with Crippen LogP contribution in [0.4, 0.5) is 0 Å². The molecule has 0 saturated carbocycles. The summed E-state index contributed by atoms with van der Waals surface area (Å²) in [6.07, 6.45) is 2.83. The van der Waals surface area contributed by atoms with E-state index >= 15 is 0 Å². The maximum absolute atomic E-state index is 10.7. The van der Waals surface area contributed by atoms with E-state index in [2.05, 4.69) is 10.0 Å². The fourth-order valence-corrected chi connectivity index (χ4v) is 0.809. The maximum atomic E-state index is 10.7. The summed E-state index contributed by atoms with van der Waals surface area (Å²) < 4.78 is 0. The number of hydrogen-bond donors (Lipinski definition) is 0. The van der Waals surface area contributed by atoms with Gasteiger partial charge >= 0.3 is 0 Å². The Balaban J connectivity index is 2.69. The molecule has 64 valence electrons. The molecule has 0 bridgehead atoms. The number of nitrogens with zero attached hydrogens (tertiary/aromatic N) is 3. The molecule has 0 aromatic heterocycles. The summed E-state index contributed by atoms with van der Waals surface area (Å²) in [5, 5.41) is 2.89. The predicted octanol–water partition coefficient (Wildman–Crippen LogP) is 2.54. The molecule has 1 aromatic rings.